The highest BCUT2D eigenvalue weighted by Gasteiger charge is 2.14. The molecule has 0 bridgehead atoms. The number of carbonyl (C=O) groups excluding carboxylic acids is 2. The van der Waals surface area contributed by atoms with Crippen molar-refractivity contribution in [2.45, 2.75) is 26.2 Å². The number of ether oxygens (including phenoxy) is 1. The third-order valence-electron chi connectivity index (χ3n) is 3.74. The predicted molar refractivity (Wildman–Crippen MR) is 92.5 cm³/mol. The summed E-state index contributed by atoms with van der Waals surface area (Å²) in [5.74, 6) is 0.902. The van der Waals surface area contributed by atoms with Gasteiger partial charge in [-0.05, 0) is 38.4 Å². The summed E-state index contributed by atoms with van der Waals surface area (Å²) < 4.78 is 5.62. The predicted octanol–water partition coefficient (Wildman–Crippen LogP) is 2.29. The van der Waals surface area contributed by atoms with Crippen LogP contribution in [0.2, 0.25) is 0 Å². The van der Waals surface area contributed by atoms with Crippen molar-refractivity contribution in [2.75, 3.05) is 32.8 Å². The molecule has 1 heterocycles. The van der Waals surface area contributed by atoms with E-state index in [-0.39, 0.29) is 24.1 Å². The zero-order valence-corrected chi connectivity index (χ0v) is 14.4. The average molecular weight is 341 g/mol. The van der Waals surface area contributed by atoms with Crippen molar-refractivity contribution in [1.29, 1.82) is 0 Å². The summed E-state index contributed by atoms with van der Waals surface area (Å²) in [4.78, 5) is 25.3. The van der Waals surface area contributed by atoms with E-state index in [0.29, 0.717) is 30.8 Å². The molecule has 1 aromatic rings. The van der Waals surface area contributed by atoms with E-state index in [1.54, 1.807) is 18.2 Å². The van der Waals surface area contributed by atoms with Gasteiger partial charge in [0.1, 0.15) is 5.75 Å². The fourth-order valence-corrected chi connectivity index (χ4v) is 2.47. The molecule has 0 aliphatic carbocycles. The Bertz CT molecular complexity index is 514. The van der Waals surface area contributed by atoms with E-state index in [1.807, 2.05) is 11.0 Å². The van der Waals surface area contributed by atoms with Crippen molar-refractivity contribution in [2.24, 2.45) is 0 Å². The molecule has 5 nitrogen and oxygen atoms in total. The first-order chi connectivity index (χ1) is 10.7. The van der Waals surface area contributed by atoms with E-state index in [4.69, 9.17) is 4.74 Å². The van der Waals surface area contributed by atoms with E-state index in [9.17, 15) is 9.59 Å². The Morgan fingerprint density at radius 1 is 1.26 bits per heavy atom. The van der Waals surface area contributed by atoms with Gasteiger partial charge in [-0.1, -0.05) is 12.1 Å². The second-order valence-electron chi connectivity index (χ2n) is 5.52. The average Bonchev–Trinajstić information content (AvgIpc) is 2.81. The zero-order valence-electron chi connectivity index (χ0n) is 13.5. The van der Waals surface area contributed by atoms with Gasteiger partial charge in [0.25, 0.3) is 0 Å². The van der Waals surface area contributed by atoms with Crippen LogP contribution in [-0.4, -0.2) is 49.4 Å². The summed E-state index contributed by atoms with van der Waals surface area (Å²) in [6.45, 7) is 5.51. The van der Waals surface area contributed by atoms with Crippen molar-refractivity contribution in [3.8, 4) is 5.75 Å². The highest BCUT2D eigenvalue weighted by Crippen LogP contribution is 2.14. The zero-order chi connectivity index (χ0) is 15.8. The molecule has 1 amide bonds. The molecule has 0 radical (unpaired) electrons. The highest BCUT2D eigenvalue weighted by atomic mass is 35.5. The molecule has 0 saturated carbocycles. The van der Waals surface area contributed by atoms with Gasteiger partial charge in [-0.2, -0.15) is 0 Å². The Kier molecular flexibility index (Phi) is 8.66. The largest absolute Gasteiger partial charge is 0.494 e. The van der Waals surface area contributed by atoms with Crippen molar-refractivity contribution in [3.05, 3.63) is 29.8 Å². The van der Waals surface area contributed by atoms with Crippen LogP contribution in [0.1, 0.15) is 36.5 Å². The number of Topliss-reactive ketones (excluding diaryl/α,β-unsaturated/α-hetero) is 1. The van der Waals surface area contributed by atoms with Gasteiger partial charge in [-0.15, -0.1) is 12.4 Å². The topological polar surface area (TPSA) is 58.6 Å². The van der Waals surface area contributed by atoms with Crippen molar-refractivity contribution in [1.82, 2.24) is 10.2 Å². The van der Waals surface area contributed by atoms with Crippen molar-refractivity contribution in [3.63, 3.8) is 0 Å². The van der Waals surface area contributed by atoms with Crippen LogP contribution in [0.25, 0.3) is 0 Å². The maximum absolute atomic E-state index is 12.1. The summed E-state index contributed by atoms with van der Waals surface area (Å²) in [7, 11) is 0. The molecule has 1 aromatic carbocycles. The van der Waals surface area contributed by atoms with Gasteiger partial charge < -0.3 is 15.0 Å². The van der Waals surface area contributed by atoms with Crippen LogP contribution in [0.3, 0.4) is 0 Å². The molecule has 0 aromatic heterocycles. The lowest BCUT2D eigenvalue weighted by Gasteiger charge is -2.19. The maximum atomic E-state index is 12.1. The molecule has 23 heavy (non-hydrogen) atoms. The first-order valence-corrected chi connectivity index (χ1v) is 7.89. The Hall–Kier alpha value is -1.59. The number of benzene rings is 1. The molecule has 1 aliphatic rings. The number of nitrogens with one attached hydrogen (secondary N) is 1. The molecule has 2 rings (SSSR count). The fraction of sp³-hybridized carbons (Fsp3) is 0.529. The highest BCUT2D eigenvalue weighted by molar-refractivity contribution is 5.94. The van der Waals surface area contributed by atoms with Gasteiger partial charge in [0.2, 0.25) is 5.91 Å². The number of halogens is 1. The number of rotatable bonds is 6. The van der Waals surface area contributed by atoms with Gasteiger partial charge in [-0.3, -0.25) is 9.59 Å². The molecule has 1 saturated heterocycles. The lowest BCUT2D eigenvalue weighted by molar-refractivity contribution is -0.131. The molecule has 1 aliphatic heterocycles. The number of hydrogen-bond acceptors (Lipinski definition) is 4. The molecule has 128 valence electrons. The second kappa shape index (κ2) is 10.2. The monoisotopic (exact) mass is 340 g/mol. The molecule has 0 unspecified atom stereocenters. The molecule has 6 heteroatoms. The van der Waals surface area contributed by atoms with E-state index < -0.39 is 0 Å². The van der Waals surface area contributed by atoms with Gasteiger partial charge in [0.05, 0.1) is 6.61 Å². The summed E-state index contributed by atoms with van der Waals surface area (Å²) in [5.41, 5.74) is 0.644. The second-order valence-corrected chi connectivity index (χ2v) is 5.52. The van der Waals surface area contributed by atoms with Crippen LogP contribution < -0.4 is 10.1 Å². The van der Waals surface area contributed by atoms with E-state index in [2.05, 4.69) is 5.32 Å². The first-order valence-electron chi connectivity index (χ1n) is 7.89. The van der Waals surface area contributed by atoms with Crippen molar-refractivity contribution >= 4 is 24.1 Å². The lowest BCUT2D eigenvalue weighted by atomic mass is 10.1. The Morgan fingerprint density at radius 2 is 2.09 bits per heavy atom. The van der Waals surface area contributed by atoms with Gasteiger partial charge in [-0.25, -0.2) is 0 Å². The van der Waals surface area contributed by atoms with E-state index in [1.165, 1.54) is 6.92 Å². The SMILES string of the molecule is CC(=O)c1cccc(OCCCC(=O)N2CCCNCC2)c1.Cl. The number of amides is 1. The Morgan fingerprint density at radius 3 is 2.87 bits per heavy atom. The minimum absolute atomic E-state index is 0. The Labute approximate surface area is 143 Å². The van der Waals surface area contributed by atoms with Gasteiger partial charge in [0.15, 0.2) is 5.78 Å². The molecule has 1 N–H and O–H groups in total. The van der Waals surface area contributed by atoms with Crippen LogP contribution in [-0.2, 0) is 4.79 Å². The number of hydrogen-bond donors (Lipinski definition) is 1. The summed E-state index contributed by atoms with van der Waals surface area (Å²) in [6.07, 6.45) is 2.21. The van der Waals surface area contributed by atoms with Crippen LogP contribution >= 0.6 is 12.4 Å². The van der Waals surface area contributed by atoms with Crippen LogP contribution in [0, 0.1) is 0 Å². The van der Waals surface area contributed by atoms with Gasteiger partial charge >= 0.3 is 0 Å². The van der Waals surface area contributed by atoms with E-state index >= 15 is 0 Å². The third kappa shape index (κ3) is 6.59. The fourth-order valence-electron chi connectivity index (χ4n) is 2.47. The van der Waals surface area contributed by atoms with Crippen LogP contribution in [0.5, 0.6) is 5.75 Å². The normalized spacial score (nSPS) is 14.6. The number of nitrogens with zero attached hydrogens (tertiary/aromatic N) is 1. The molecular weight excluding hydrogens is 316 g/mol. The quantitative estimate of drug-likeness (QED) is 0.637. The molecule has 1 fully saturated rings. The standard InChI is InChI=1S/C17H24N2O3.ClH/c1-14(20)15-5-2-6-16(13-15)22-12-3-7-17(21)19-10-4-8-18-9-11-19;/h2,5-6,13,18H,3-4,7-12H2,1H3;1H. The number of ketones is 1. The van der Waals surface area contributed by atoms with E-state index in [0.717, 1.165) is 32.6 Å². The third-order valence-corrected chi connectivity index (χ3v) is 3.74. The minimum atomic E-state index is 0. The van der Waals surface area contributed by atoms with Crippen LogP contribution in [0.15, 0.2) is 24.3 Å². The Balaban J connectivity index is 0.00000264. The molecule has 0 atom stereocenters. The lowest BCUT2D eigenvalue weighted by Crippen LogP contribution is -2.34. The smallest absolute Gasteiger partial charge is 0.222 e. The maximum Gasteiger partial charge on any atom is 0.222 e. The summed E-state index contributed by atoms with van der Waals surface area (Å²) in [5, 5.41) is 3.29. The van der Waals surface area contributed by atoms with Crippen LogP contribution in [0.4, 0.5) is 0 Å². The summed E-state index contributed by atoms with van der Waals surface area (Å²) >= 11 is 0. The summed E-state index contributed by atoms with van der Waals surface area (Å²) in [6, 6.07) is 7.15. The number of carbonyl (C=O) groups is 2. The minimum Gasteiger partial charge on any atom is -0.494 e. The first kappa shape index (κ1) is 19.5. The molecule has 0 spiro atoms. The molecular formula is C17H25ClN2O3. The van der Waals surface area contributed by atoms with Crippen molar-refractivity contribution < 1.29 is 14.3 Å². The van der Waals surface area contributed by atoms with Gasteiger partial charge in [0, 0.05) is 31.6 Å².